The standard InChI is InChI=1S/C15H17Br2NO3/c1-3-18-7-10-4-11(20-8-10)9-21-15-6-12(16)14(19-2)5-13(15)17/h4-6,8,18H,3,7,9H2,1-2H3. The Morgan fingerprint density at radius 1 is 1.14 bits per heavy atom. The number of hydrogen-bond acceptors (Lipinski definition) is 4. The van der Waals surface area contributed by atoms with Crippen molar-refractivity contribution in [2.45, 2.75) is 20.1 Å². The van der Waals surface area contributed by atoms with Crippen molar-refractivity contribution < 1.29 is 13.9 Å². The van der Waals surface area contributed by atoms with E-state index >= 15 is 0 Å². The van der Waals surface area contributed by atoms with Gasteiger partial charge in [-0.1, -0.05) is 6.92 Å². The Hall–Kier alpha value is -0.980. The van der Waals surface area contributed by atoms with Gasteiger partial charge >= 0.3 is 0 Å². The Balaban J connectivity index is 1.99. The predicted molar refractivity (Wildman–Crippen MR) is 88.8 cm³/mol. The van der Waals surface area contributed by atoms with Gasteiger partial charge in [0.25, 0.3) is 0 Å². The summed E-state index contributed by atoms with van der Waals surface area (Å²) in [5.74, 6) is 2.27. The quantitative estimate of drug-likeness (QED) is 0.718. The molecule has 0 fully saturated rings. The fraction of sp³-hybridized carbons (Fsp3) is 0.333. The second kappa shape index (κ2) is 7.87. The van der Waals surface area contributed by atoms with Crippen LogP contribution in [0.2, 0.25) is 0 Å². The van der Waals surface area contributed by atoms with Crippen molar-refractivity contribution in [2.75, 3.05) is 13.7 Å². The molecule has 21 heavy (non-hydrogen) atoms. The summed E-state index contributed by atoms with van der Waals surface area (Å²) in [6.45, 7) is 4.19. The molecule has 0 amide bonds. The molecule has 0 atom stereocenters. The van der Waals surface area contributed by atoms with Crippen LogP contribution in [0.1, 0.15) is 18.2 Å². The zero-order valence-corrected chi connectivity index (χ0v) is 15.1. The van der Waals surface area contributed by atoms with Crippen LogP contribution in [0.3, 0.4) is 0 Å². The van der Waals surface area contributed by atoms with Gasteiger partial charge in [0.1, 0.15) is 23.9 Å². The highest BCUT2D eigenvalue weighted by Crippen LogP contribution is 2.36. The summed E-state index contributed by atoms with van der Waals surface area (Å²) in [6, 6.07) is 5.72. The molecule has 1 aromatic heterocycles. The van der Waals surface area contributed by atoms with E-state index in [1.54, 1.807) is 13.4 Å². The van der Waals surface area contributed by atoms with Gasteiger partial charge in [-0.25, -0.2) is 0 Å². The molecule has 1 heterocycles. The van der Waals surface area contributed by atoms with Crippen LogP contribution in [0.5, 0.6) is 11.5 Å². The van der Waals surface area contributed by atoms with Crippen LogP contribution in [0, 0.1) is 0 Å². The number of methoxy groups -OCH3 is 1. The van der Waals surface area contributed by atoms with Crippen molar-refractivity contribution in [3.63, 3.8) is 0 Å². The van der Waals surface area contributed by atoms with Crippen LogP contribution >= 0.6 is 31.9 Å². The molecule has 0 aliphatic rings. The summed E-state index contributed by atoms with van der Waals surface area (Å²) in [5, 5.41) is 3.25. The van der Waals surface area contributed by atoms with E-state index in [2.05, 4.69) is 44.1 Å². The molecule has 114 valence electrons. The van der Waals surface area contributed by atoms with Gasteiger partial charge in [0, 0.05) is 12.1 Å². The van der Waals surface area contributed by atoms with Crippen molar-refractivity contribution in [1.82, 2.24) is 5.32 Å². The Kier molecular flexibility index (Phi) is 6.14. The smallest absolute Gasteiger partial charge is 0.146 e. The SMILES string of the molecule is CCNCc1coc(COc2cc(Br)c(OC)cc2Br)c1. The molecule has 6 heteroatoms. The molecule has 2 aromatic rings. The Bertz CT molecular complexity index is 599. The summed E-state index contributed by atoms with van der Waals surface area (Å²) < 4.78 is 18.2. The van der Waals surface area contributed by atoms with Gasteiger partial charge < -0.3 is 19.2 Å². The molecule has 0 spiro atoms. The molecule has 4 nitrogen and oxygen atoms in total. The van der Waals surface area contributed by atoms with Crippen LogP contribution in [0.25, 0.3) is 0 Å². The minimum Gasteiger partial charge on any atom is -0.496 e. The minimum atomic E-state index is 0.378. The second-order valence-corrected chi connectivity index (χ2v) is 6.12. The largest absolute Gasteiger partial charge is 0.496 e. The highest BCUT2D eigenvalue weighted by atomic mass is 79.9. The van der Waals surface area contributed by atoms with Crippen LogP contribution < -0.4 is 14.8 Å². The summed E-state index contributed by atoms with van der Waals surface area (Å²) in [5.41, 5.74) is 1.12. The molecule has 0 aliphatic carbocycles. The van der Waals surface area contributed by atoms with Gasteiger partial charge in [0.05, 0.1) is 22.3 Å². The summed E-state index contributed by atoms with van der Waals surface area (Å²) in [6.07, 6.45) is 1.75. The Morgan fingerprint density at radius 2 is 1.86 bits per heavy atom. The lowest BCUT2D eigenvalue weighted by Gasteiger charge is -2.10. The molecule has 1 aromatic carbocycles. The molecular weight excluding hydrogens is 402 g/mol. The molecular formula is C15H17Br2NO3. The number of ether oxygens (including phenoxy) is 2. The first-order valence-electron chi connectivity index (χ1n) is 6.57. The van der Waals surface area contributed by atoms with E-state index in [-0.39, 0.29) is 0 Å². The lowest BCUT2D eigenvalue weighted by Crippen LogP contribution is -2.10. The maximum Gasteiger partial charge on any atom is 0.146 e. The highest BCUT2D eigenvalue weighted by molar-refractivity contribution is 9.11. The van der Waals surface area contributed by atoms with Crippen molar-refractivity contribution in [3.05, 3.63) is 44.7 Å². The normalized spacial score (nSPS) is 10.7. The van der Waals surface area contributed by atoms with E-state index in [4.69, 9.17) is 13.9 Å². The average molecular weight is 419 g/mol. The molecule has 0 bridgehead atoms. The third-order valence-corrected chi connectivity index (χ3v) is 4.10. The average Bonchev–Trinajstić information content (AvgIpc) is 2.93. The second-order valence-electron chi connectivity index (χ2n) is 4.41. The van der Waals surface area contributed by atoms with E-state index in [1.165, 1.54) is 0 Å². The van der Waals surface area contributed by atoms with Gasteiger partial charge in [-0.15, -0.1) is 0 Å². The van der Waals surface area contributed by atoms with Gasteiger partial charge in [0.15, 0.2) is 0 Å². The maximum atomic E-state index is 5.77. The number of benzene rings is 1. The molecule has 0 aliphatic heterocycles. The lowest BCUT2D eigenvalue weighted by atomic mass is 10.3. The zero-order chi connectivity index (χ0) is 15.2. The van der Waals surface area contributed by atoms with Crippen LogP contribution in [0.15, 0.2) is 37.8 Å². The van der Waals surface area contributed by atoms with Gasteiger partial charge in [-0.05, 0) is 56.6 Å². The Morgan fingerprint density at radius 3 is 2.57 bits per heavy atom. The maximum absolute atomic E-state index is 5.77. The molecule has 2 rings (SSSR count). The fourth-order valence-electron chi connectivity index (χ4n) is 1.79. The zero-order valence-electron chi connectivity index (χ0n) is 11.9. The summed E-state index contributed by atoms with van der Waals surface area (Å²) in [4.78, 5) is 0. The number of halogens is 2. The monoisotopic (exact) mass is 417 g/mol. The highest BCUT2D eigenvalue weighted by Gasteiger charge is 2.09. The molecule has 0 unspecified atom stereocenters. The van der Waals surface area contributed by atoms with Crippen molar-refractivity contribution in [3.8, 4) is 11.5 Å². The first kappa shape index (κ1) is 16.4. The van der Waals surface area contributed by atoms with Crippen molar-refractivity contribution in [2.24, 2.45) is 0 Å². The number of furan rings is 1. The van der Waals surface area contributed by atoms with Crippen LogP contribution in [-0.4, -0.2) is 13.7 Å². The van der Waals surface area contributed by atoms with E-state index in [9.17, 15) is 0 Å². The van der Waals surface area contributed by atoms with Gasteiger partial charge in [-0.3, -0.25) is 0 Å². The minimum absolute atomic E-state index is 0.378. The topological polar surface area (TPSA) is 43.6 Å². The van der Waals surface area contributed by atoms with Gasteiger partial charge in [-0.2, -0.15) is 0 Å². The van der Waals surface area contributed by atoms with Crippen molar-refractivity contribution >= 4 is 31.9 Å². The number of rotatable bonds is 7. The lowest BCUT2D eigenvalue weighted by molar-refractivity contribution is 0.268. The third kappa shape index (κ3) is 4.49. The van der Waals surface area contributed by atoms with Gasteiger partial charge in [0.2, 0.25) is 0 Å². The van der Waals surface area contributed by atoms with Crippen LogP contribution in [0.4, 0.5) is 0 Å². The number of nitrogens with one attached hydrogen (secondary N) is 1. The van der Waals surface area contributed by atoms with E-state index in [0.717, 1.165) is 44.9 Å². The third-order valence-electron chi connectivity index (χ3n) is 2.86. The first-order chi connectivity index (χ1) is 10.1. The Labute approximate surface area is 141 Å². The summed E-state index contributed by atoms with van der Waals surface area (Å²) >= 11 is 6.91. The fourth-order valence-corrected chi connectivity index (χ4v) is 2.71. The first-order valence-corrected chi connectivity index (χ1v) is 8.15. The van der Waals surface area contributed by atoms with E-state index < -0.39 is 0 Å². The molecule has 0 saturated carbocycles. The molecule has 0 radical (unpaired) electrons. The van der Waals surface area contributed by atoms with Crippen molar-refractivity contribution in [1.29, 1.82) is 0 Å². The van der Waals surface area contributed by atoms with E-state index in [1.807, 2.05) is 18.2 Å². The summed E-state index contributed by atoms with van der Waals surface area (Å²) in [7, 11) is 1.63. The van der Waals surface area contributed by atoms with Crippen LogP contribution in [-0.2, 0) is 13.2 Å². The predicted octanol–water partition coefficient (Wildman–Crippen LogP) is 4.50. The number of hydrogen-bond donors (Lipinski definition) is 1. The van der Waals surface area contributed by atoms with E-state index in [0.29, 0.717) is 6.61 Å². The molecule has 0 saturated heterocycles. The molecule has 1 N–H and O–H groups in total.